The standard InChI is InChI=1S/C19H23NO5/c1-6-25-18(24)15(11(2)21)17(23)20-10-12-7-8-13(19(3,4)5)9-14(12)16(20)22/h7-9,15H,6,10H2,1-5H3. The van der Waals surface area contributed by atoms with Crippen molar-refractivity contribution in [1.82, 2.24) is 4.90 Å². The monoisotopic (exact) mass is 345 g/mol. The molecule has 2 amide bonds. The number of carbonyl (C=O) groups excluding carboxylic acids is 4. The molecule has 2 rings (SSSR count). The lowest BCUT2D eigenvalue weighted by molar-refractivity contribution is -0.157. The number of hydrogen-bond acceptors (Lipinski definition) is 5. The average Bonchev–Trinajstić information content (AvgIpc) is 2.83. The zero-order valence-electron chi connectivity index (χ0n) is 15.2. The molecular formula is C19H23NO5. The molecule has 1 heterocycles. The molecular weight excluding hydrogens is 322 g/mol. The van der Waals surface area contributed by atoms with Crippen LogP contribution in [0.3, 0.4) is 0 Å². The van der Waals surface area contributed by atoms with Gasteiger partial charge in [0.1, 0.15) is 0 Å². The minimum atomic E-state index is -1.60. The van der Waals surface area contributed by atoms with E-state index in [4.69, 9.17) is 4.74 Å². The molecule has 6 heteroatoms. The predicted molar refractivity (Wildman–Crippen MR) is 90.8 cm³/mol. The Morgan fingerprint density at radius 2 is 1.88 bits per heavy atom. The van der Waals surface area contributed by atoms with E-state index < -0.39 is 29.5 Å². The molecule has 6 nitrogen and oxygen atoms in total. The lowest BCUT2D eigenvalue weighted by atomic mass is 9.85. The minimum absolute atomic E-state index is 0.0546. The minimum Gasteiger partial charge on any atom is -0.465 e. The van der Waals surface area contributed by atoms with Crippen LogP contribution in [0.1, 0.15) is 56.1 Å². The van der Waals surface area contributed by atoms with Gasteiger partial charge in [0.2, 0.25) is 0 Å². The maximum absolute atomic E-state index is 12.7. The van der Waals surface area contributed by atoms with Gasteiger partial charge in [-0.15, -0.1) is 0 Å². The molecule has 0 radical (unpaired) electrons. The van der Waals surface area contributed by atoms with E-state index in [0.717, 1.165) is 17.4 Å². The molecule has 1 aromatic rings. The van der Waals surface area contributed by atoms with E-state index in [9.17, 15) is 19.2 Å². The third kappa shape index (κ3) is 3.62. The largest absolute Gasteiger partial charge is 0.465 e. The molecule has 1 aliphatic rings. The first kappa shape index (κ1) is 18.8. The molecule has 0 aliphatic carbocycles. The summed E-state index contributed by atoms with van der Waals surface area (Å²) in [5.74, 6) is -4.46. The third-order valence-electron chi connectivity index (χ3n) is 4.22. The van der Waals surface area contributed by atoms with E-state index in [1.807, 2.05) is 32.9 Å². The Morgan fingerprint density at radius 1 is 1.24 bits per heavy atom. The Labute approximate surface area is 147 Å². The van der Waals surface area contributed by atoms with Crippen LogP contribution in [-0.2, 0) is 31.1 Å². The normalized spacial score (nSPS) is 14.9. The zero-order valence-corrected chi connectivity index (χ0v) is 15.2. The topological polar surface area (TPSA) is 80.8 Å². The fourth-order valence-corrected chi connectivity index (χ4v) is 2.77. The lowest BCUT2D eigenvalue weighted by Gasteiger charge is -2.19. The summed E-state index contributed by atoms with van der Waals surface area (Å²) in [5.41, 5.74) is 1.98. The smallest absolute Gasteiger partial charge is 0.326 e. The second-order valence-corrected chi connectivity index (χ2v) is 7.15. The van der Waals surface area contributed by atoms with Crippen molar-refractivity contribution in [3.05, 3.63) is 34.9 Å². The van der Waals surface area contributed by atoms with Gasteiger partial charge in [-0.1, -0.05) is 32.9 Å². The molecule has 134 valence electrons. The molecule has 0 aromatic heterocycles. The van der Waals surface area contributed by atoms with Gasteiger partial charge in [0.25, 0.3) is 11.8 Å². The second-order valence-electron chi connectivity index (χ2n) is 7.15. The van der Waals surface area contributed by atoms with Crippen molar-refractivity contribution < 1.29 is 23.9 Å². The van der Waals surface area contributed by atoms with Crippen LogP contribution in [0.25, 0.3) is 0 Å². The molecule has 1 aliphatic heterocycles. The van der Waals surface area contributed by atoms with Crippen molar-refractivity contribution in [1.29, 1.82) is 0 Å². The predicted octanol–water partition coefficient (Wildman–Crippen LogP) is 2.23. The van der Waals surface area contributed by atoms with E-state index >= 15 is 0 Å². The molecule has 0 saturated carbocycles. The lowest BCUT2D eigenvalue weighted by Crippen LogP contribution is -2.43. The number of imide groups is 1. The number of rotatable bonds is 4. The molecule has 0 N–H and O–H groups in total. The summed E-state index contributed by atoms with van der Waals surface area (Å²) in [6, 6.07) is 5.51. The Morgan fingerprint density at radius 3 is 2.40 bits per heavy atom. The summed E-state index contributed by atoms with van der Waals surface area (Å²) >= 11 is 0. The maximum atomic E-state index is 12.7. The highest BCUT2D eigenvalue weighted by Crippen LogP contribution is 2.30. The zero-order chi connectivity index (χ0) is 18.9. The van der Waals surface area contributed by atoms with Crippen LogP contribution in [0.4, 0.5) is 0 Å². The van der Waals surface area contributed by atoms with Crippen molar-refractivity contribution >= 4 is 23.6 Å². The van der Waals surface area contributed by atoms with Crippen molar-refractivity contribution in [2.24, 2.45) is 5.92 Å². The fraction of sp³-hybridized carbons (Fsp3) is 0.474. The van der Waals surface area contributed by atoms with E-state index in [1.54, 1.807) is 13.0 Å². The number of fused-ring (bicyclic) bond motifs is 1. The maximum Gasteiger partial charge on any atom is 0.326 e. The van der Waals surface area contributed by atoms with Gasteiger partial charge < -0.3 is 4.74 Å². The number of benzene rings is 1. The number of amides is 2. The van der Waals surface area contributed by atoms with Crippen LogP contribution in [0.15, 0.2) is 18.2 Å². The highest BCUT2D eigenvalue weighted by Gasteiger charge is 2.42. The van der Waals surface area contributed by atoms with E-state index in [0.29, 0.717) is 11.1 Å². The van der Waals surface area contributed by atoms with Gasteiger partial charge in [-0.2, -0.15) is 0 Å². The van der Waals surface area contributed by atoms with Gasteiger partial charge >= 0.3 is 5.97 Å². The summed E-state index contributed by atoms with van der Waals surface area (Å²) in [5, 5.41) is 0. The van der Waals surface area contributed by atoms with Crippen LogP contribution in [0, 0.1) is 5.92 Å². The SMILES string of the molecule is CCOC(=O)C(C(C)=O)C(=O)N1Cc2ccc(C(C)(C)C)cc2C1=O. The van der Waals surface area contributed by atoms with Crippen molar-refractivity contribution in [2.75, 3.05) is 6.61 Å². The van der Waals surface area contributed by atoms with E-state index in [2.05, 4.69) is 0 Å². The number of nitrogens with zero attached hydrogens (tertiary/aromatic N) is 1. The Balaban J connectivity index is 2.32. The summed E-state index contributed by atoms with van der Waals surface area (Å²) in [4.78, 5) is 50.0. The number of hydrogen-bond donors (Lipinski definition) is 0. The van der Waals surface area contributed by atoms with Crippen LogP contribution in [-0.4, -0.2) is 35.1 Å². The van der Waals surface area contributed by atoms with Gasteiger partial charge in [-0.3, -0.25) is 24.1 Å². The number of Topliss-reactive ketones (excluding diaryl/α,β-unsaturated/α-hetero) is 1. The first-order valence-corrected chi connectivity index (χ1v) is 8.24. The summed E-state index contributed by atoms with van der Waals surface area (Å²) in [6.45, 7) is 8.94. The van der Waals surface area contributed by atoms with E-state index in [1.165, 1.54) is 0 Å². The van der Waals surface area contributed by atoms with Gasteiger partial charge in [-0.05, 0) is 36.5 Å². The number of carbonyl (C=O) groups is 4. The molecule has 0 spiro atoms. The third-order valence-corrected chi connectivity index (χ3v) is 4.22. The fourth-order valence-electron chi connectivity index (χ4n) is 2.77. The number of ketones is 1. The van der Waals surface area contributed by atoms with Crippen LogP contribution >= 0.6 is 0 Å². The average molecular weight is 345 g/mol. The Hall–Kier alpha value is -2.50. The molecule has 1 atom stereocenters. The quantitative estimate of drug-likeness (QED) is 0.617. The molecule has 25 heavy (non-hydrogen) atoms. The number of esters is 1. The van der Waals surface area contributed by atoms with Gasteiger partial charge in [0.15, 0.2) is 11.7 Å². The summed E-state index contributed by atoms with van der Waals surface area (Å²) in [7, 11) is 0. The first-order valence-electron chi connectivity index (χ1n) is 8.24. The first-order chi connectivity index (χ1) is 11.6. The van der Waals surface area contributed by atoms with Crippen molar-refractivity contribution in [3.63, 3.8) is 0 Å². The highest BCUT2D eigenvalue weighted by atomic mass is 16.5. The van der Waals surface area contributed by atoms with Crippen LogP contribution in [0.2, 0.25) is 0 Å². The second kappa shape index (κ2) is 6.78. The number of ether oxygens (including phenoxy) is 1. The van der Waals surface area contributed by atoms with Gasteiger partial charge in [-0.25, -0.2) is 0 Å². The van der Waals surface area contributed by atoms with Crippen molar-refractivity contribution in [3.8, 4) is 0 Å². The van der Waals surface area contributed by atoms with Gasteiger partial charge in [0.05, 0.1) is 13.2 Å². The Bertz CT molecular complexity index is 745. The molecule has 0 fully saturated rings. The highest BCUT2D eigenvalue weighted by molar-refractivity contribution is 6.21. The molecule has 0 bridgehead atoms. The summed E-state index contributed by atoms with van der Waals surface area (Å²) < 4.78 is 4.80. The summed E-state index contributed by atoms with van der Waals surface area (Å²) in [6.07, 6.45) is 0. The Kier molecular flexibility index (Phi) is 5.11. The molecule has 1 aromatic carbocycles. The molecule has 1 unspecified atom stereocenters. The van der Waals surface area contributed by atoms with E-state index in [-0.39, 0.29) is 18.6 Å². The van der Waals surface area contributed by atoms with Crippen molar-refractivity contribution in [2.45, 2.75) is 46.6 Å². The van der Waals surface area contributed by atoms with Crippen LogP contribution in [0.5, 0.6) is 0 Å². The van der Waals surface area contributed by atoms with Gasteiger partial charge in [0, 0.05) is 5.56 Å². The molecule has 0 saturated heterocycles. The van der Waals surface area contributed by atoms with Crippen LogP contribution < -0.4 is 0 Å².